The van der Waals surface area contributed by atoms with Crippen LogP contribution in [0.3, 0.4) is 0 Å². The van der Waals surface area contributed by atoms with Gasteiger partial charge in [0.2, 0.25) is 0 Å². The van der Waals surface area contributed by atoms with Crippen molar-refractivity contribution < 1.29 is 0 Å². The molecule has 0 atom stereocenters. The van der Waals surface area contributed by atoms with Crippen LogP contribution in [0.25, 0.3) is 44.2 Å². The summed E-state index contributed by atoms with van der Waals surface area (Å²) in [5.41, 5.74) is 20.1. The third kappa shape index (κ3) is 5.68. The first-order valence-corrected chi connectivity index (χ1v) is 23.0. The van der Waals surface area contributed by atoms with Gasteiger partial charge in [-0.1, -0.05) is 215 Å². The highest BCUT2D eigenvalue weighted by Gasteiger charge is 2.47. The zero-order valence-corrected chi connectivity index (χ0v) is 36.2. The van der Waals surface area contributed by atoms with Crippen LogP contribution < -0.4 is 4.90 Å². The molecule has 3 aliphatic carbocycles. The Labute approximate surface area is 372 Å². The van der Waals surface area contributed by atoms with E-state index in [-0.39, 0.29) is 5.41 Å². The second kappa shape index (κ2) is 14.8. The molecule has 0 amide bonds. The molecule has 63 heavy (non-hydrogen) atoms. The predicted molar refractivity (Wildman–Crippen MR) is 265 cm³/mol. The molecule has 1 nitrogen and oxygen atoms in total. The average Bonchev–Trinajstić information content (AvgIpc) is 3.78. The first kappa shape index (κ1) is 37.8. The van der Waals surface area contributed by atoms with Gasteiger partial charge in [0.15, 0.2) is 0 Å². The lowest BCUT2D eigenvalue weighted by atomic mass is 9.68. The summed E-state index contributed by atoms with van der Waals surface area (Å²) in [6, 6.07) is 78.1. The molecule has 0 saturated heterocycles. The predicted octanol–water partition coefficient (Wildman–Crippen LogP) is 16.7. The summed E-state index contributed by atoms with van der Waals surface area (Å²) in [5, 5.41) is 2.72. The van der Waals surface area contributed by atoms with Crippen molar-refractivity contribution in [2.45, 2.75) is 62.7 Å². The minimum absolute atomic E-state index is 0.154. The molecule has 0 spiro atoms. The molecule has 0 heterocycles. The van der Waals surface area contributed by atoms with E-state index in [0.29, 0.717) is 5.92 Å². The van der Waals surface area contributed by atoms with Crippen LogP contribution in [0, 0.1) is 0 Å². The Morgan fingerprint density at radius 1 is 0.413 bits per heavy atom. The number of rotatable bonds is 7. The molecular formula is C62H51N. The number of benzene rings is 9. The van der Waals surface area contributed by atoms with Crippen LogP contribution in [0.15, 0.2) is 206 Å². The summed E-state index contributed by atoms with van der Waals surface area (Å²) >= 11 is 0. The highest BCUT2D eigenvalue weighted by atomic mass is 15.1. The Kier molecular flexibility index (Phi) is 8.90. The molecule has 3 aliphatic rings. The van der Waals surface area contributed by atoms with Gasteiger partial charge < -0.3 is 4.90 Å². The number of fused-ring (bicyclic) bond motifs is 7. The summed E-state index contributed by atoms with van der Waals surface area (Å²) < 4.78 is 0. The van der Waals surface area contributed by atoms with E-state index in [4.69, 9.17) is 0 Å². The molecule has 0 radical (unpaired) electrons. The Morgan fingerprint density at radius 3 is 1.71 bits per heavy atom. The number of hydrogen-bond donors (Lipinski definition) is 0. The van der Waals surface area contributed by atoms with Crippen LogP contribution >= 0.6 is 0 Å². The lowest BCUT2D eigenvalue weighted by Crippen LogP contribution is -2.28. The summed E-state index contributed by atoms with van der Waals surface area (Å²) in [4.78, 5) is 2.61. The van der Waals surface area contributed by atoms with Gasteiger partial charge >= 0.3 is 0 Å². The molecular weight excluding hydrogens is 759 g/mol. The smallest absolute Gasteiger partial charge is 0.0714 e. The van der Waals surface area contributed by atoms with Crippen molar-refractivity contribution in [2.24, 2.45) is 0 Å². The van der Waals surface area contributed by atoms with Crippen molar-refractivity contribution in [3.63, 3.8) is 0 Å². The highest BCUT2D eigenvalue weighted by Crippen LogP contribution is 2.60. The van der Waals surface area contributed by atoms with Gasteiger partial charge in [0, 0.05) is 22.2 Å². The van der Waals surface area contributed by atoms with Crippen LogP contribution in [0.1, 0.15) is 90.8 Å². The van der Waals surface area contributed by atoms with E-state index in [0.717, 1.165) is 5.69 Å². The Morgan fingerprint density at radius 2 is 0.968 bits per heavy atom. The fourth-order valence-corrected chi connectivity index (χ4v) is 12.1. The number of nitrogens with zero attached hydrogens (tertiary/aromatic N) is 1. The van der Waals surface area contributed by atoms with Gasteiger partial charge in [-0.25, -0.2) is 0 Å². The van der Waals surface area contributed by atoms with Crippen molar-refractivity contribution in [3.8, 4) is 33.4 Å². The lowest BCUT2D eigenvalue weighted by molar-refractivity contribution is 0.445. The van der Waals surface area contributed by atoms with E-state index in [1.165, 1.54) is 127 Å². The zero-order chi connectivity index (χ0) is 42.1. The maximum atomic E-state index is 2.61. The molecule has 0 unspecified atom stereocenters. The van der Waals surface area contributed by atoms with Crippen molar-refractivity contribution in [1.29, 1.82) is 0 Å². The molecule has 0 bridgehead atoms. The normalized spacial score (nSPS) is 15.7. The van der Waals surface area contributed by atoms with Crippen LogP contribution in [-0.4, -0.2) is 0 Å². The van der Waals surface area contributed by atoms with Crippen LogP contribution in [0.4, 0.5) is 17.1 Å². The minimum Gasteiger partial charge on any atom is -0.309 e. The van der Waals surface area contributed by atoms with Crippen molar-refractivity contribution in [1.82, 2.24) is 0 Å². The van der Waals surface area contributed by atoms with Crippen LogP contribution in [-0.2, 0) is 10.8 Å². The molecule has 12 rings (SSSR count). The number of hydrogen-bond acceptors (Lipinski definition) is 1. The van der Waals surface area contributed by atoms with Gasteiger partial charge in [-0.2, -0.15) is 0 Å². The third-order valence-electron chi connectivity index (χ3n) is 14.9. The fraction of sp³-hybridized carbons (Fsp3) is 0.161. The van der Waals surface area contributed by atoms with Crippen molar-refractivity contribution in [2.75, 3.05) is 4.90 Å². The second-order valence-corrected chi connectivity index (χ2v) is 18.6. The topological polar surface area (TPSA) is 3.24 Å². The Hall–Kier alpha value is -6.96. The maximum Gasteiger partial charge on any atom is 0.0714 e. The minimum atomic E-state index is -0.512. The van der Waals surface area contributed by atoms with Gasteiger partial charge in [0.1, 0.15) is 0 Å². The average molecular weight is 810 g/mol. The van der Waals surface area contributed by atoms with E-state index in [2.05, 4.69) is 225 Å². The summed E-state index contributed by atoms with van der Waals surface area (Å²) in [6.07, 6.45) is 6.47. The van der Waals surface area contributed by atoms with Crippen LogP contribution in [0.5, 0.6) is 0 Å². The lowest BCUT2D eigenvalue weighted by Gasteiger charge is -2.35. The zero-order valence-electron chi connectivity index (χ0n) is 36.2. The first-order valence-electron chi connectivity index (χ1n) is 23.0. The van der Waals surface area contributed by atoms with Crippen molar-refractivity contribution in [3.05, 3.63) is 245 Å². The van der Waals surface area contributed by atoms with Crippen molar-refractivity contribution >= 4 is 27.8 Å². The van der Waals surface area contributed by atoms with E-state index >= 15 is 0 Å². The first-order chi connectivity index (χ1) is 31.0. The fourth-order valence-electron chi connectivity index (χ4n) is 12.1. The van der Waals surface area contributed by atoms with Gasteiger partial charge in [0.05, 0.1) is 16.8 Å². The van der Waals surface area contributed by atoms with E-state index in [1.807, 2.05) is 0 Å². The molecule has 1 fully saturated rings. The Balaban J connectivity index is 1.16. The molecule has 1 heteroatoms. The van der Waals surface area contributed by atoms with E-state index in [1.54, 1.807) is 0 Å². The molecule has 0 aliphatic heterocycles. The van der Waals surface area contributed by atoms with Gasteiger partial charge in [-0.15, -0.1) is 0 Å². The largest absolute Gasteiger partial charge is 0.309 e. The molecule has 1 saturated carbocycles. The highest BCUT2D eigenvalue weighted by molar-refractivity contribution is 6.05. The van der Waals surface area contributed by atoms with Crippen LogP contribution in [0.2, 0.25) is 0 Å². The summed E-state index contributed by atoms with van der Waals surface area (Å²) in [7, 11) is 0. The van der Waals surface area contributed by atoms with Gasteiger partial charge in [0.25, 0.3) is 0 Å². The SMILES string of the molecule is CC1(C)c2ccccc2-c2ccc(N(c3ccccc3-c3cccc4cccc(C5CCCCC5)c34)c3cccc4c3-c3ccccc3C4(c3ccccc3)c3ccccc3)cc21. The second-order valence-electron chi connectivity index (χ2n) is 18.6. The third-order valence-corrected chi connectivity index (χ3v) is 14.9. The van der Waals surface area contributed by atoms with E-state index < -0.39 is 5.41 Å². The summed E-state index contributed by atoms with van der Waals surface area (Å²) in [6.45, 7) is 4.79. The van der Waals surface area contributed by atoms with Gasteiger partial charge in [-0.05, 0) is 115 Å². The molecule has 9 aromatic rings. The Bertz CT molecular complexity index is 3140. The summed E-state index contributed by atoms with van der Waals surface area (Å²) in [5.74, 6) is 0.574. The standard InChI is InChI=1S/C62H51N/c1-61(2)53-34-15-12-29-48(53)49-40-39-46(41-56(49)61)63(57-37-17-14-30-50(57)51-33-19-24-43-23-18-32-47(59(43)51)42-21-6-3-7-22-42)58-38-20-36-55-60(58)52-31-13-16-35-54(52)62(55,44-25-8-4-9-26-44)45-27-10-5-11-28-45/h4-5,8-20,23-42H,3,6-7,21-22H2,1-2H3. The van der Waals surface area contributed by atoms with Gasteiger partial charge in [-0.3, -0.25) is 0 Å². The number of anilines is 3. The van der Waals surface area contributed by atoms with E-state index in [9.17, 15) is 0 Å². The molecule has 304 valence electrons. The molecule has 0 N–H and O–H groups in total. The monoisotopic (exact) mass is 809 g/mol. The molecule has 9 aromatic carbocycles. The molecule has 0 aromatic heterocycles. The number of para-hydroxylation sites is 1. The maximum absolute atomic E-state index is 2.61. The quantitative estimate of drug-likeness (QED) is 0.155.